The highest BCUT2D eigenvalue weighted by atomic mass is 31.2. The molecule has 0 bridgehead atoms. The van der Waals surface area contributed by atoms with Crippen LogP contribution in [0, 0.1) is 0 Å². The molecule has 1 saturated heterocycles. The van der Waals surface area contributed by atoms with E-state index >= 15 is 0 Å². The first-order valence-corrected chi connectivity index (χ1v) is 25.4. The van der Waals surface area contributed by atoms with E-state index in [0.717, 1.165) is 64.2 Å². The fourth-order valence-corrected chi connectivity index (χ4v) is 7.81. The third kappa shape index (κ3) is 36.3. The largest absolute Gasteiger partial charge is 0.472 e. The number of allylic oxidation sites excluding steroid dienone is 3. The third-order valence-electron chi connectivity index (χ3n) is 10.7. The molecule has 0 aromatic heterocycles. The summed E-state index contributed by atoms with van der Waals surface area (Å²) in [5.41, 5.74) is 5.36. The smallest absolute Gasteiger partial charge is 0.462 e. The summed E-state index contributed by atoms with van der Waals surface area (Å²) < 4.78 is 38.7. The molecule has 0 amide bonds. The molecule has 0 aromatic rings. The Morgan fingerprint density at radius 1 is 0.603 bits per heavy atom. The van der Waals surface area contributed by atoms with E-state index in [-0.39, 0.29) is 38.6 Å². The van der Waals surface area contributed by atoms with E-state index in [9.17, 15) is 19.0 Å². The number of rotatable bonds is 44. The standard InChI is InChI=1S/C47H88NO9P/c1-3-5-7-9-11-12-13-14-15-16-17-18-19-20-21-22-23-24-25-29-33-37-46(49)53-41-43(42-55-58(51,52)54-40-39-48)56-47(50)38-34-30-26-28-32-36-45-44(57-45)35-31-27-10-8-6-4-2/h14-15,27,31,43-45H,3-13,16-26,28-30,32-42,48H2,1-2H3,(H,51,52)/b15-14-,31-27-/t43-,44?,45?/m1/s1. The molecular formula is C47H88NO9P. The Labute approximate surface area is 355 Å². The van der Waals surface area contributed by atoms with Crippen LogP contribution in [-0.2, 0) is 37.4 Å². The molecule has 1 aliphatic heterocycles. The van der Waals surface area contributed by atoms with Crippen molar-refractivity contribution in [3.05, 3.63) is 24.3 Å². The highest BCUT2D eigenvalue weighted by molar-refractivity contribution is 7.47. The van der Waals surface area contributed by atoms with E-state index < -0.39 is 26.5 Å². The summed E-state index contributed by atoms with van der Waals surface area (Å²) in [5.74, 6) is -0.846. The van der Waals surface area contributed by atoms with Gasteiger partial charge in [-0.25, -0.2) is 4.57 Å². The number of carbonyl (C=O) groups excluding carboxylic acids is 2. The Balaban J connectivity index is 2.12. The van der Waals surface area contributed by atoms with Crippen LogP contribution in [0.3, 0.4) is 0 Å². The quantitative estimate of drug-likeness (QED) is 0.0200. The van der Waals surface area contributed by atoms with Crippen LogP contribution < -0.4 is 5.73 Å². The lowest BCUT2D eigenvalue weighted by Gasteiger charge is -2.19. The molecule has 0 aromatic carbocycles. The Morgan fingerprint density at radius 3 is 1.64 bits per heavy atom. The van der Waals surface area contributed by atoms with Crippen molar-refractivity contribution < 1.29 is 42.3 Å². The summed E-state index contributed by atoms with van der Waals surface area (Å²) in [6.45, 7) is 3.69. The number of ether oxygens (including phenoxy) is 3. The van der Waals surface area contributed by atoms with Gasteiger partial charge in [0, 0.05) is 19.4 Å². The van der Waals surface area contributed by atoms with Gasteiger partial charge in [0.1, 0.15) is 6.61 Å². The minimum Gasteiger partial charge on any atom is -0.462 e. The summed E-state index contributed by atoms with van der Waals surface area (Å²) in [5, 5.41) is 0. The molecule has 0 spiro atoms. The molecule has 1 rings (SSSR count). The molecule has 11 heteroatoms. The minimum atomic E-state index is -4.39. The van der Waals surface area contributed by atoms with Crippen LogP contribution in [0.5, 0.6) is 0 Å². The van der Waals surface area contributed by atoms with Gasteiger partial charge in [-0.05, 0) is 64.2 Å². The van der Waals surface area contributed by atoms with E-state index in [1.807, 2.05) is 0 Å². The number of phosphoric acid groups is 1. The van der Waals surface area contributed by atoms with E-state index in [1.165, 1.54) is 122 Å². The van der Waals surface area contributed by atoms with E-state index in [2.05, 4.69) is 38.2 Å². The number of phosphoric ester groups is 1. The lowest BCUT2D eigenvalue weighted by atomic mass is 10.0. The lowest BCUT2D eigenvalue weighted by molar-refractivity contribution is -0.161. The molecular weight excluding hydrogens is 753 g/mol. The maximum Gasteiger partial charge on any atom is 0.472 e. The first-order valence-electron chi connectivity index (χ1n) is 23.9. The zero-order chi connectivity index (χ0) is 42.2. The van der Waals surface area contributed by atoms with Crippen LogP contribution in [-0.4, -0.2) is 61.5 Å². The molecule has 1 fully saturated rings. The van der Waals surface area contributed by atoms with Crippen LogP contribution in [0.4, 0.5) is 0 Å². The van der Waals surface area contributed by atoms with Gasteiger partial charge < -0.3 is 24.8 Å². The number of nitrogens with two attached hydrogens (primary N) is 1. The van der Waals surface area contributed by atoms with Crippen molar-refractivity contribution in [1.29, 1.82) is 0 Å². The SMILES string of the molecule is CCCCC/C=C\CC1OC1CCCCCCCC(=O)O[C@H](COC(=O)CCCCCCCCCCCCC/C=C\CCCCCCCC)COP(=O)(O)OCCN. The first-order chi connectivity index (χ1) is 28.3. The molecule has 3 unspecified atom stereocenters. The van der Waals surface area contributed by atoms with E-state index in [4.69, 9.17) is 29.0 Å². The summed E-state index contributed by atoms with van der Waals surface area (Å²) in [4.78, 5) is 35.0. The molecule has 1 heterocycles. The van der Waals surface area contributed by atoms with Crippen LogP contribution in [0.1, 0.15) is 219 Å². The summed E-state index contributed by atoms with van der Waals surface area (Å²) in [6, 6.07) is 0. The predicted molar refractivity (Wildman–Crippen MR) is 238 cm³/mol. The van der Waals surface area contributed by atoms with Crippen LogP contribution in [0.25, 0.3) is 0 Å². The molecule has 0 radical (unpaired) electrons. The second-order valence-electron chi connectivity index (χ2n) is 16.4. The Hall–Kier alpha value is -1.55. The molecule has 58 heavy (non-hydrogen) atoms. The fraction of sp³-hybridized carbons (Fsp3) is 0.872. The van der Waals surface area contributed by atoms with Gasteiger partial charge in [-0.2, -0.15) is 0 Å². The number of epoxide rings is 1. The maximum atomic E-state index is 12.6. The number of carbonyl (C=O) groups is 2. The van der Waals surface area contributed by atoms with Crippen molar-refractivity contribution in [2.24, 2.45) is 5.73 Å². The Kier molecular flexibility index (Phi) is 37.2. The van der Waals surface area contributed by atoms with Gasteiger partial charge in [0.15, 0.2) is 6.10 Å². The summed E-state index contributed by atoms with van der Waals surface area (Å²) >= 11 is 0. The molecule has 0 saturated carbocycles. The molecule has 1 aliphatic rings. The van der Waals surface area contributed by atoms with Gasteiger partial charge >= 0.3 is 19.8 Å². The Bertz CT molecular complexity index is 1070. The number of unbranched alkanes of at least 4 members (excludes halogenated alkanes) is 24. The normalized spacial score (nSPS) is 16.9. The van der Waals surface area contributed by atoms with Crippen molar-refractivity contribution in [1.82, 2.24) is 0 Å². The molecule has 4 atom stereocenters. The summed E-state index contributed by atoms with van der Waals surface area (Å²) in [6.07, 6.45) is 45.1. The van der Waals surface area contributed by atoms with Crippen molar-refractivity contribution in [2.45, 2.75) is 238 Å². The van der Waals surface area contributed by atoms with Crippen molar-refractivity contribution in [3.63, 3.8) is 0 Å². The van der Waals surface area contributed by atoms with Crippen LogP contribution in [0.2, 0.25) is 0 Å². The van der Waals surface area contributed by atoms with Gasteiger partial charge in [-0.1, -0.05) is 167 Å². The van der Waals surface area contributed by atoms with Gasteiger partial charge in [-0.15, -0.1) is 0 Å². The number of hydrogen-bond acceptors (Lipinski definition) is 9. The first kappa shape index (κ1) is 54.5. The average molecular weight is 842 g/mol. The zero-order valence-corrected chi connectivity index (χ0v) is 38.1. The molecule has 3 N–H and O–H groups in total. The Morgan fingerprint density at radius 2 is 1.07 bits per heavy atom. The minimum absolute atomic E-state index is 0.0491. The van der Waals surface area contributed by atoms with Gasteiger partial charge in [0.05, 0.1) is 25.4 Å². The van der Waals surface area contributed by atoms with E-state index in [0.29, 0.717) is 18.6 Å². The maximum absolute atomic E-state index is 12.6. The topological polar surface area (TPSA) is 147 Å². The van der Waals surface area contributed by atoms with Gasteiger partial charge in [0.25, 0.3) is 0 Å². The van der Waals surface area contributed by atoms with Crippen LogP contribution >= 0.6 is 7.82 Å². The second-order valence-corrected chi connectivity index (χ2v) is 17.8. The number of esters is 2. The van der Waals surface area contributed by atoms with Crippen molar-refractivity contribution in [3.8, 4) is 0 Å². The van der Waals surface area contributed by atoms with Gasteiger partial charge in [-0.3, -0.25) is 18.6 Å². The monoisotopic (exact) mass is 842 g/mol. The van der Waals surface area contributed by atoms with E-state index in [1.54, 1.807) is 0 Å². The van der Waals surface area contributed by atoms with Gasteiger partial charge in [0.2, 0.25) is 0 Å². The second kappa shape index (κ2) is 39.6. The average Bonchev–Trinajstić information content (AvgIpc) is 3.97. The predicted octanol–water partition coefficient (Wildman–Crippen LogP) is 12.9. The molecule has 10 nitrogen and oxygen atoms in total. The summed E-state index contributed by atoms with van der Waals surface area (Å²) in [7, 11) is -4.39. The number of hydrogen-bond donors (Lipinski definition) is 2. The van der Waals surface area contributed by atoms with Crippen LogP contribution in [0.15, 0.2) is 24.3 Å². The molecule has 340 valence electrons. The highest BCUT2D eigenvalue weighted by Crippen LogP contribution is 2.43. The van der Waals surface area contributed by atoms with Crippen molar-refractivity contribution in [2.75, 3.05) is 26.4 Å². The lowest BCUT2D eigenvalue weighted by Crippen LogP contribution is -2.29. The fourth-order valence-electron chi connectivity index (χ4n) is 7.05. The third-order valence-corrected chi connectivity index (χ3v) is 11.7. The molecule has 0 aliphatic carbocycles. The van der Waals surface area contributed by atoms with Crippen molar-refractivity contribution >= 4 is 19.8 Å². The highest BCUT2D eigenvalue weighted by Gasteiger charge is 2.36. The zero-order valence-electron chi connectivity index (χ0n) is 37.2.